The summed E-state index contributed by atoms with van der Waals surface area (Å²) in [6.45, 7) is 0.531. The molecule has 0 radical (unpaired) electrons. The van der Waals surface area contributed by atoms with E-state index in [0.717, 1.165) is 23.8 Å². The molecule has 158 valence electrons. The molecule has 0 atom stereocenters. The van der Waals surface area contributed by atoms with Crippen molar-refractivity contribution in [2.45, 2.75) is 17.9 Å². The van der Waals surface area contributed by atoms with E-state index < -0.39 is 20.6 Å². The number of hydrazone groups is 1. The van der Waals surface area contributed by atoms with Crippen molar-refractivity contribution in [3.05, 3.63) is 92.8 Å². The highest BCUT2D eigenvalue weighted by Gasteiger charge is 2.20. The van der Waals surface area contributed by atoms with E-state index in [1.165, 1.54) is 6.21 Å². The number of nitriles is 1. The summed E-state index contributed by atoms with van der Waals surface area (Å²) in [6.07, 6.45) is 5.07. The highest BCUT2D eigenvalue weighted by molar-refractivity contribution is 7.89. The Hall–Kier alpha value is -3.68. The van der Waals surface area contributed by atoms with Crippen LogP contribution in [0.2, 0.25) is 5.02 Å². The van der Waals surface area contributed by atoms with E-state index >= 15 is 0 Å². The third-order valence-corrected chi connectivity index (χ3v) is 5.77. The molecule has 3 rings (SSSR count). The number of nitrogens with one attached hydrogen (secondary N) is 1. The highest BCUT2D eigenvalue weighted by atomic mass is 35.5. The summed E-state index contributed by atoms with van der Waals surface area (Å²) in [5.41, 5.74) is 1.62. The average Bonchev–Trinajstić information content (AvgIpc) is 2.74. The molecule has 1 N–H and O–H groups in total. The zero-order valence-corrected chi connectivity index (χ0v) is 17.5. The van der Waals surface area contributed by atoms with Gasteiger partial charge in [-0.25, -0.2) is 4.83 Å². The van der Waals surface area contributed by atoms with Crippen LogP contribution in [0.4, 0.5) is 5.69 Å². The Morgan fingerprint density at radius 2 is 2.00 bits per heavy atom. The Bertz CT molecular complexity index is 1230. The molecule has 1 aliphatic rings. The van der Waals surface area contributed by atoms with E-state index in [1.54, 1.807) is 12.4 Å². The fourth-order valence-electron chi connectivity index (χ4n) is 2.83. The van der Waals surface area contributed by atoms with Crippen molar-refractivity contribution in [3.63, 3.8) is 0 Å². The van der Waals surface area contributed by atoms with Crippen LogP contribution in [0.5, 0.6) is 0 Å². The van der Waals surface area contributed by atoms with Crippen LogP contribution in [-0.4, -0.2) is 24.5 Å². The molecule has 0 unspecified atom stereocenters. The van der Waals surface area contributed by atoms with Crippen molar-refractivity contribution in [3.8, 4) is 6.07 Å². The fourth-order valence-corrected chi connectivity index (χ4v) is 3.82. The molecule has 11 heteroatoms. The molecule has 0 saturated heterocycles. The van der Waals surface area contributed by atoms with Gasteiger partial charge in [-0.1, -0.05) is 41.9 Å². The standard InChI is InChI=1S/C20H16ClN5O4S/c21-19-7-6-18(9-20(19)26(27)28)31(29,30)24-23-11-17-8-16(10-22)13-25(14-17)12-15-4-2-1-3-5-15/h1-7,9,11,13-14,24H,8,12H2. The van der Waals surface area contributed by atoms with Crippen LogP contribution >= 0.6 is 11.6 Å². The van der Waals surface area contributed by atoms with Gasteiger partial charge in [0.2, 0.25) is 0 Å². The summed E-state index contributed by atoms with van der Waals surface area (Å²) >= 11 is 5.72. The van der Waals surface area contributed by atoms with E-state index in [-0.39, 0.29) is 9.92 Å². The smallest absolute Gasteiger partial charge is 0.289 e. The van der Waals surface area contributed by atoms with Crippen LogP contribution in [-0.2, 0) is 16.6 Å². The topological polar surface area (TPSA) is 129 Å². The van der Waals surface area contributed by atoms with E-state index in [0.29, 0.717) is 24.1 Å². The third kappa shape index (κ3) is 5.69. The molecule has 0 aromatic heterocycles. The third-order valence-electron chi connectivity index (χ3n) is 4.23. The minimum absolute atomic E-state index is 0.172. The van der Waals surface area contributed by atoms with Gasteiger partial charge in [0.05, 0.1) is 27.7 Å². The molecule has 0 fully saturated rings. The molecular weight excluding hydrogens is 442 g/mol. The van der Waals surface area contributed by atoms with E-state index in [1.807, 2.05) is 40.1 Å². The number of sulfonamides is 1. The van der Waals surface area contributed by atoms with Crippen molar-refractivity contribution in [2.24, 2.45) is 5.10 Å². The minimum Gasteiger partial charge on any atom is -0.349 e. The van der Waals surface area contributed by atoms with Crippen LogP contribution in [0.1, 0.15) is 12.0 Å². The summed E-state index contributed by atoms with van der Waals surface area (Å²) < 4.78 is 24.8. The van der Waals surface area contributed by atoms with Gasteiger partial charge in [0, 0.05) is 31.4 Å². The van der Waals surface area contributed by atoms with Gasteiger partial charge in [-0.3, -0.25) is 10.1 Å². The number of halogens is 1. The summed E-state index contributed by atoms with van der Waals surface area (Å²) in [7, 11) is -4.15. The van der Waals surface area contributed by atoms with Crippen molar-refractivity contribution in [1.29, 1.82) is 5.26 Å². The van der Waals surface area contributed by atoms with Crippen LogP contribution in [0.3, 0.4) is 0 Å². The molecule has 2 aromatic carbocycles. The fraction of sp³-hybridized carbons (Fsp3) is 0.100. The zero-order chi connectivity index (χ0) is 22.4. The lowest BCUT2D eigenvalue weighted by atomic mass is 10.1. The molecule has 1 aliphatic heterocycles. The molecule has 9 nitrogen and oxygen atoms in total. The average molecular weight is 458 g/mol. The number of hydrogen-bond donors (Lipinski definition) is 1. The van der Waals surface area contributed by atoms with Crippen LogP contribution < -0.4 is 4.83 Å². The summed E-state index contributed by atoms with van der Waals surface area (Å²) in [4.78, 5) is 13.7. The maximum Gasteiger partial charge on any atom is 0.289 e. The Balaban J connectivity index is 1.75. The Morgan fingerprint density at radius 1 is 1.26 bits per heavy atom. The molecule has 0 spiro atoms. The van der Waals surface area contributed by atoms with Crippen molar-refractivity contribution >= 4 is 33.5 Å². The lowest BCUT2D eigenvalue weighted by Gasteiger charge is -2.21. The number of benzene rings is 2. The monoisotopic (exact) mass is 457 g/mol. The zero-order valence-electron chi connectivity index (χ0n) is 16.0. The van der Waals surface area contributed by atoms with Gasteiger partial charge in [-0.2, -0.15) is 18.8 Å². The van der Waals surface area contributed by atoms with Crippen molar-refractivity contribution in [1.82, 2.24) is 9.73 Å². The maximum absolute atomic E-state index is 12.4. The molecule has 0 amide bonds. The van der Waals surface area contributed by atoms with E-state index in [2.05, 4.69) is 11.2 Å². The Kier molecular flexibility index (Phi) is 6.69. The first kappa shape index (κ1) is 22.0. The second-order valence-electron chi connectivity index (χ2n) is 6.53. The number of nitro groups is 1. The summed E-state index contributed by atoms with van der Waals surface area (Å²) in [6, 6.07) is 14.9. The Labute approximate surface area is 183 Å². The van der Waals surface area contributed by atoms with Gasteiger partial charge in [0.25, 0.3) is 15.7 Å². The molecule has 1 heterocycles. The lowest BCUT2D eigenvalue weighted by Crippen LogP contribution is -2.19. The predicted octanol–water partition coefficient (Wildman–Crippen LogP) is 3.71. The highest BCUT2D eigenvalue weighted by Crippen LogP contribution is 2.27. The summed E-state index contributed by atoms with van der Waals surface area (Å²) in [5.74, 6) is 0. The van der Waals surface area contributed by atoms with Gasteiger partial charge in [0.1, 0.15) is 5.02 Å². The van der Waals surface area contributed by atoms with Crippen LogP contribution in [0.15, 0.2) is 82.1 Å². The van der Waals surface area contributed by atoms with Gasteiger partial charge in [0.15, 0.2) is 0 Å². The van der Waals surface area contributed by atoms with Crippen LogP contribution in [0, 0.1) is 21.4 Å². The Morgan fingerprint density at radius 3 is 2.68 bits per heavy atom. The molecule has 31 heavy (non-hydrogen) atoms. The van der Waals surface area contributed by atoms with Gasteiger partial charge < -0.3 is 4.90 Å². The molecule has 0 aliphatic carbocycles. The second kappa shape index (κ2) is 9.42. The van der Waals surface area contributed by atoms with Crippen molar-refractivity contribution in [2.75, 3.05) is 0 Å². The molecule has 0 saturated carbocycles. The normalized spacial score (nSPS) is 14.0. The van der Waals surface area contributed by atoms with Crippen LogP contribution in [0.25, 0.3) is 0 Å². The number of nitro benzene ring substituents is 1. The predicted molar refractivity (Wildman–Crippen MR) is 115 cm³/mol. The molecule has 2 aromatic rings. The van der Waals surface area contributed by atoms with Gasteiger partial charge >= 0.3 is 0 Å². The number of hydrogen-bond acceptors (Lipinski definition) is 7. The number of nitrogens with zero attached hydrogens (tertiary/aromatic N) is 4. The minimum atomic E-state index is -4.15. The van der Waals surface area contributed by atoms with E-state index in [4.69, 9.17) is 11.6 Å². The van der Waals surface area contributed by atoms with Gasteiger partial charge in [-0.05, 0) is 23.3 Å². The first-order valence-corrected chi connectivity index (χ1v) is 10.7. The SMILES string of the molecule is N#CC1=CN(Cc2ccccc2)C=C(C=NNS(=O)(=O)c2ccc(Cl)c([N+](=O)[O-])c2)C1. The molecule has 0 bridgehead atoms. The first-order chi connectivity index (χ1) is 14.8. The quantitative estimate of drug-likeness (QED) is 0.383. The first-order valence-electron chi connectivity index (χ1n) is 8.88. The van der Waals surface area contributed by atoms with E-state index in [9.17, 15) is 23.8 Å². The largest absolute Gasteiger partial charge is 0.349 e. The van der Waals surface area contributed by atoms with Crippen molar-refractivity contribution < 1.29 is 13.3 Å². The number of rotatable bonds is 7. The maximum atomic E-state index is 12.4. The second-order valence-corrected chi connectivity index (χ2v) is 8.60. The lowest BCUT2D eigenvalue weighted by molar-refractivity contribution is -0.384. The summed E-state index contributed by atoms with van der Waals surface area (Å²) in [5, 5.41) is 23.9. The number of allylic oxidation sites excluding steroid dienone is 2. The van der Waals surface area contributed by atoms with Gasteiger partial charge in [-0.15, -0.1) is 0 Å². The molecular formula is C20H16ClN5O4S.